The predicted molar refractivity (Wildman–Crippen MR) is 100 cm³/mol. The molecule has 0 bridgehead atoms. The van der Waals surface area contributed by atoms with Crippen LogP contribution in [-0.4, -0.2) is 17.1 Å². The second-order valence-electron chi connectivity index (χ2n) is 7.17. The van der Waals surface area contributed by atoms with Gasteiger partial charge in [-0.1, -0.05) is 44.2 Å². The number of aryl methyl sites for hydroxylation is 1. The Morgan fingerprint density at radius 3 is 2.48 bits per heavy atom. The molecule has 0 radical (unpaired) electrons. The molecule has 1 aliphatic carbocycles. The molecule has 1 aliphatic rings. The molecular weight excluding hydrogens is 308 g/mol. The number of aromatic nitrogens is 2. The fraction of sp³-hybridized carbons (Fsp3) is 0.273. The summed E-state index contributed by atoms with van der Waals surface area (Å²) in [5.41, 5.74) is 9.54. The summed E-state index contributed by atoms with van der Waals surface area (Å²) >= 11 is 0. The van der Waals surface area contributed by atoms with Crippen LogP contribution >= 0.6 is 0 Å². The molecule has 3 nitrogen and oxygen atoms in total. The monoisotopic (exact) mass is 330 g/mol. The molecule has 0 N–H and O–H groups in total. The second kappa shape index (κ2) is 5.78. The lowest BCUT2D eigenvalue weighted by Crippen LogP contribution is -2.15. The van der Waals surface area contributed by atoms with Crippen molar-refractivity contribution in [2.45, 2.75) is 32.8 Å². The molecule has 1 heterocycles. The maximum Gasteiger partial charge on any atom is 0.0944 e. The summed E-state index contributed by atoms with van der Waals surface area (Å²) in [6.07, 6.45) is 3.47. The average Bonchev–Trinajstić information content (AvgIpc) is 2.83. The first-order valence-electron chi connectivity index (χ1n) is 8.58. The summed E-state index contributed by atoms with van der Waals surface area (Å²) in [5.74, 6) is 0. The van der Waals surface area contributed by atoms with Crippen molar-refractivity contribution in [3.05, 3.63) is 71.2 Å². The highest BCUT2D eigenvalue weighted by Crippen LogP contribution is 2.50. The van der Waals surface area contributed by atoms with Gasteiger partial charge in [0.05, 0.1) is 18.0 Å². The fourth-order valence-electron chi connectivity index (χ4n) is 3.95. The van der Waals surface area contributed by atoms with E-state index in [9.17, 15) is 0 Å². The molecule has 4 rings (SSSR count). The SMILES string of the molecule is COCc1nccnc1-c1cc2c(cc1C)-c1ccccc1C2(C)C. The Labute approximate surface area is 148 Å². The fourth-order valence-corrected chi connectivity index (χ4v) is 3.95. The molecule has 2 aromatic carbocycles. The van der Waals surface area contributed by atoms with E-state index in [1.54, 1.807) is 19.5 Å². The summed E-state index contributed by atoms with van der Waals surface area (Å²) in [6, 6.07) is 13.3. The molecule has 3 aromatic rings. The van der Waals surface area contributed by atoms with Crippen LogP contribution in [0.4, 0.5) is 0 Å². The zero-order valence-corrected chi connectivity index (χ0v) is 15.1. The van der Waals surface area contributed by atoms with Crippen molar-refractivity contribution < 1.29 is 4.74 Å². The van der Waals surface area contributed by atoms with Gasteiger partial charge in [-0.2, -0.15) is 0 Å². The normalized spacial score (nSPS) is 14.2. The zero-order valence-electron chi connectivity index (χ0n) is 15.1. The Kier molecular flexibility index (Phi) is 3.69. The first-order chi connectivity index (χ1) is 12.0. The minimum Gasteiger partial charge on any atom is -0.378 e. The van der Waals surface area contributed by atoms with Crippen molar-refractivity contribution in [3.8, 4) is 22.4 Å². The van der Waals surface area contributed by atoms with Crippen molar-refractivity contribution in [2.75, 3.05) is 7.11 Å². The van der Waals surface area contributed by atoms with E-state index in [0.717, 1.165) is 17.0 Å². The Hall–Kier alpha value is -2.52. The predicted octanol–water partition coefficient (Wildman–Crippen LogP) is 4.90. The Bertz CT molecular complexity index is 960. The molecule has 0 saturated carbocycles. The van der Waals surface area contributed by atoms with E-state index in [1.807, 2.05) is 0 Å². The molecule has 0 spiro atoms. The van der Waals surface area contributed by atoms with Gasteiger partial charge in [0.1, 0.15) is 0 Å². The third kappa shape index (κ3) is 2.38. The van der Waals surface area contributed by atoms with Crippen molar-refractivity contribution in [1.82, 2.24) is 9.97 Å². The second-order valence-corrected chi connectivity index (χ2v) is 7.17. The van der Waals surface area contributed by atoms with E-state index in [2.05, 4.69) is 67.1 Å². The minimum atomic E-state index is -0.0159. The van der Waals surface area contributed by atoms with Crippen molar-refractivity contribution in [3.63, 3.8) is 0 Å². The quantitative estimate of drug-likeness (QED) is 0.685. The summed E-state index contributed by atoms with van der Waals surface area (Å²) in [5, 5.41) is 0. The van der Waals surface area contributed by atoms with Crippen LogP contribution in [0.15, 0.2) is 48.8 Å². The van der Waals surface area contributed by atoms with Crippen molar-refractivity contribution in [2.24, 2.45) is 0 Å². The van der Waals surface area contributed by atoms with E-state index < -0.39 is 0 Å². The smallest absolute Gasteiger partial charge is 0.0944 e. The highest BCUT2D eigenvalue weighted by Gasteiger charge is 2.35. The molecule has 0 fully saturated rings. The van der Waals surface area contributed by atoms with Gasteiger partial charge in [-0.15, -0.1) is 0 Å². The number of benzene rings is 2. The van der Waals surface area contributed by atoms with Crippen LogP contribution in [0.1, 0.15) is 36.2 Å². The molecule has 0 atom stereocenters. The van der Waals surface area contributed by atoms with Crippen molar-refractivity contribution >= 4 is 0 Å². The van der Waals surface area contributed by atoms with Crippen LogP contribution in [0.3, 0.4) is 0 Å². The van der Waals surface area contributed by atoms with Crippen LogP contribution in [0, 0.1) is 6.92 Å². The van der Waals surface area contributed by atoms with Crippen LogP contribution in [0.2, 0.25) is 0 Å². The van der Waals surface area contributed by atoms with E-state index in [-0.39, 0.29) is 5.41 Å². The van der Waals surface area contributed by atoms with E-state index in [4.69, 9.17) is 4.74 Å². The van der Waals surface area contributed by atoms with Crippen LogP contribution in [0.5, 0.6) is 0 Å². The third-order valence-corrected chi connectivity index (χ3v) is 5.24. The number of nitrogens with zero attached hydrogens (tertiary/aromatic N) is 2. The summed E-state index contributed by atoms with van der Waals surface area (Å²) in [4.78, 5) is 9.08. The van der Waals surface area contributed by atoms with Gasteiger partial charge in [-0.3, -0.25) is 9.97 Å². The Balaban J connectivity index is 1.95. The molecule has 126 valence electrons. The Morgan fingerprint density at radius 1 is 0.920 bits per heavy atom. The maximum atomic E-state index is 5.31. The minimum absolute atomic E-state index is 0.0159. The van der Waals surface area contributed by atoms with Crippen LogP contribution in [-0.2, 0) is 16.8 Å². The number of methoxy groups -OCH3 is 1. The summed E-state index contributed by atoms with van der Waals surface area (Å²) in [7, 11) is 1.69. The number of hydrogen-bond donors (Lipinski definition) is 0. The maximum absolute atomic E-state index is 5.31. The number of ether oxygens (including phenoxy) is 1. The molecule has 0 amide bonds. The third-order valence-electron chi connectivity index (χ3n) is 5.24. The average molecular weight is 330 g/mol. The molecular formula is C22H22N2O. The van der Waals surface area contributed by atoms with Gasteiger partial charge in [0.25, 0.3) is 0 Å². The van der Waals surface area contributed by atoms with Gasteiger partial charge in [0.2, 0.25) is 0 Å². The molecule has 25 heavy (non-hydrogen) atoms. The molecule has 0 unspecified atom stereocenters. The van der Waals surface area contributed by atoms with Gasteiger partial charge in [-0.25, -0.2) is 0 Å². The Morgan fingerprint density at radius 2 is 1.68 bits per heavy atom. The van der Waals surface area contributed by atoms with Gasteiger partial charge < -0.3 is 4.74 Å². The number of fused-ring (bicyclic) bond motifs is 3. The van der Waals surface area contributed by atoms with Gasteiger partial charge >= 0.3 is 0 Å². The molecule has 1 aromatic heterocycles. The van der Waals surface area contributed by atoms with E-state index >= 15 is 0 Å². The lowest BCUT2D eigenvalue weighted by atomic mass is 9.81. The molecule has 3 heteroatoms. The zero-order chi connectivity index (χ0) is 17.6. The lowest BCUT2D eigenvalue weighted by molar-refractivity contribution is 0.181. The van der Waals surface area contributed by atoms with Crippen molar-refractivity contribution in [1.29, 1.82) is 0 Å². The van der Waals surface area contributed by atoms with E-state index in [1.165, 1.54) is 27.8 Å². The van der Waals surface area contributed by atoms with E-state index in [0.29, 0.717) is 6.61 Å². The van der Waals surface area contributed by atoms with Gasteiger partial charge in [0.15, 0.2) is 0 Å². The lowest BCUT2D eigenvalue weighted by Gasteiger charge is -2.22. The summed E-state index contributed by atoms with van der Waals surface area (Å²) in [6.45, 7) is 7.20. The largest absolute Gasteiger partial charge is 0.378 e. The number of rotatable bonds is 3. The first-order valence-corrected chi connectivity index (χ1v) is 8.58. The molecule has 0 saturated heterocycles. The topological polar surface area (TPSA) is 35.0 Å². The summed E-state index contributed by atoms with van der Waals surface area (Å²) < 4.78 is 5.31. The van der Waals surface area contributed by atoms with Crippen LogP contribution < -0.4 is 0 Å². The standard InChI is InChI=1S/C22H22N2O/c1-14-11-17-15-7-5-6-8-18(15)22(2,3)19(17)12-16(14)21-20(13-25-4)23-9-10-24-21/h5-12H,13H2,1-4H3. The van der Waals surface area contributed by atoms with Gasteiger partial charge in [0, 0.05) is 30.5 Å². The van der Waals surface area contributed by atoms with Gasteiger partial charge in [-0.05, 0) is 40.8 Å². The molecule has 0 aliphatic heterocycles. The number of hydrogen-bond acceptors (Lipinski definition) is 3. The van der Waals surface area contributed by atoms with Crippen LogP contribution in [0.25, 0.3) is 22.4 Å². The first kappa shape index (κ1) is 16.0. The highest BCUT2D eigenvalue weighted by molar-refractivity contribution is 5.84. The highest BCUT2D eigenvalue weighted by atomic mass is 16.5.